The zero-order valence-corrected chi connectivity index (χ0v) is 7.10. The molecular formula is C9H15NO. The molecule has 2 rings (SSSR count). The molecule has 62 valence electrons. The number of hydrogen-bond donors (Lipinski definition) is 0. The molecule has 0 aromatic heterocycles. The third kappa shape index (κ3) is 1.15. The fourth-order valence-electron chi connectivity index (χ4n) is 2.29. The van der Waals surface area contributed by atoms with Crippen LogP contribution in [0.5, 0.6) is 0 Å². The van der Waals surface area contributed by atoms with Gasteiger partial charge in [0.25, 0.3) is 0 Å². The Hall–Kier alpha value is -0.530. The van der Waals surface area contributed by atoms with Gasteiger partial charge in [-0.25, -0.2) is 0 Å². The van der Waals surface area contributed by atoms with Gasteiger partial charge in [-0.1, -0.05) is 12.8 Å². The number of aliphatic imine (C=N–C) groups is 1. The van der Waals surface area contributed by atoms with E-state index in [1.165, 1.54) is 25.7 Å². The summed E-state index contributed by atoms with van der Waals surface area (Å²) in [5, 5.41) is 0. The van der Waals surface area contributed by atoms with Crippen LogP contribution in [0, 0.1) is 5.41 Å². The molecule has 1 aliphatic heterocycles. The van der Waals surface area contributed by atoms with Crippen LogP contribution in [0.2, 0.25) is 0 Å². The van der Waals surface area contributed by atoms with Gasteiger partial charge in [0.05, 0.1) is 7.11 Å². The molecule has 11 heavy (non-hydrogen) atoms. The molecule has 0 amide bonds. The fourth-order valence-corrected chi connectivity index (χ4v) is 2.29. The third-order valence-corrected chi connectivity index (χ3v) is 3.02. The van der Waals surface area contributed by atoms with Crippen LogP contribution in [0.1, 0.15) is 32.1 Å². The molecule has 0 atom stereocenters. The van der Waals surface area contributed by atoms with Gasteiger partial charge in [0.1, 0.15) is 0 Å². The smallest absolute Gasteiger partial charge is 0.183 e. The Kier molecular flexibility index (Phi) is 1.63. The van der Waals surface area contributed by atoms with Crippen molar-refractivity contribution >= 4 is 5.90 Å². The molecule has 0 N–H and O–H groups in total. The van der Waals surface area contributed by atoms with Crippen LogP contribution in [-0.4, -0.2) is 19.6 Å². The average molecular weight is 153 g/mol. The van der Waals surface area contributed by atoms with E-state index in [4.69, 9.17) is 4.74 Å². The van der Waals surface area contributed by atoms with E-state index in [9.17, 15) is 0 Å². The molecule has 1 aliphatic carbocycles. The van der Waals surface area contributed by atoms with E-state index in [-0.39, 0.29) is 0 Å². The van der Waals surface area contributed by atoms with E-state index in [0.29, 0.717) is 5.41 Å². The lowest BCUT2D eigenvalue weighted by Crippen LogP contribution is -2.17. The van der Waals surface area contributed by atoms with E-state index in [0.717, 1.165) is 18.9 Å². The van der Waals surface area contributed by atoms with Crippen LogP contribution in [0.4, 0.5) is 0 Å². The minimum atomic E-state index is 0.533. The monoisotopic (exact) mass is 153 g/mol. The summed E-state index contributed by atoms with van der Waals surface area (Å²) in [6, 6.07) is 0. The summed E-state index contributed by atoms with van der Waals surface area (Å²) >= 11 is 0. The quantitative estimate of drug-likeness (QED) is 0.521. The van der Waals surface area contributed by atoms with E-state index < -0.39 is 0 Å². The van der Waals surface area contributed by atoms with Crippen molar-refractivity contribution in [3.05, 3.63) is 0 Å². The van der Waals surface area contributed by atoms with Gasteiger partial charge in [-0.2, -0.15) is 0 Å². The van der Waals surface area contributed by atoms with Gasteiger partial charge >= 0.3 is 0 Å². The predicted octanol–water partition coefficient (Wildman–Crippen LogP) is 2.00. The maximum atomic E-state index is 5.15. The first-order valence-electron chi connectivity index (χ1n) is 4.42. The van der Waals surface area contributed by atoms with Gasteiger partial charge in [-0.3, -0.25) is 4.99 Å². The van der Waals surface area contributed by atoms with E-state index >= 15 is 0 Å². The number of hydrogen-bond acceptors (Lipinski definition) is 2. The van der Waals surface area contributed by atoms with Gasteiger partial charge in [0, 0.05) is 13.0 Å². The molecule has 1 heterocycles. The molecular weight excluding hydrogens is 138 g/mol. The van der Waals surface area contributed by atoms with Gasteiger partial charge in [0.15, 0.2) is 5.90 Å². The third-order valence-electron chi connectivity index (χ3n) is 3.02. The van der Waals surface area contributed by atoms with E-state index in [1.54, 1.807) is 7.11 Å². The highest BCUT2D eigenvalue weighted by atomic mass is 16.5. The molecule has 1 spiro atoms. The van der Waals surface area contributed by atoms with Crippen molar-refractivity contribution in [3.8, 4) is 0 Å². The van der Waals surface area contributed by atoms with Crippen LogP contribution in [-0.2, 0) is 4.74 Å². The van der Waals surface area contributed by atoms with Crippen LogP contribution in [0.3, 0.4) is 0 Å². The Balaban J connectivity index is 2.01. The second-order valence-corrected chi connectivity index (χ2v) is 3.80. The molecule has 1 fully saturated rings. The summed E-state index contributed by atoms with van der Waals surface area (Å²) in [4.78, 5) is 4.38. The first kappa shape index (κ1) is 7.14. The SMILES string of the molecule is COC1=NCC2(CCCC2)C1. The molecule has 0 aromatic carbocycles. The van der Waals surface area contributed by atoms with Gasteiger partial charge in [0.2, 0.25) is 0 Å². The lowest BCUT2D eigenvalue weighted by Gasteiger charge is -2.19. The zero-order valence-electron chi connectivity index (χ0n) is 7.10. The Morgan fingerprint density at radius 1 is 1.36 bits per heavy atom. The lowest BCUT2D eigenvalue weighted by atomic mass is 9.85. The summed E-state index contributed by atoms with van der Waals surface area (Å²) in [5.74, 6) is 0.979. The molecule has 2 aliphatic rings. The van der Waals surface area contributed by atoms with Crippen molar-refractivity contribution in [3.63, 3.8) is 0 Å². The van der Waals surface area contributed by atoms with Crippen molar-refractivity contribution in [2.45, 2.75) is 32.1 Å². The van der Waals surface area contributed by atoms with Crippen molar-refractivity contribution < 1.29 is 4.74 Å². The summed E-state index contributed by atoms with van der Waals surface area (Å²) in [7, 11) is 1.73. The van der Waals surface area contributed by atoms with E-state index in [2.05, 4.69) is 4.99 Å². The van der Waals surface area contributed by atoms with Crippen molar-refractivity contribution in [1.82, 2.24) is 0 Å². The Bertz CT molecular complexity index is 180. The minimum absolute atomic E-state index is 0.533. The first-order valence-corrected chi connectivity index (χ1v) is 4.42. The lowest BCUT2D eigenvalue weighted by molar-refractivity contribution is 0.321. The molecule has 0 aromatic rings. The first-order chi connectivity index (χ1) is 5.35. The highest BCUT2D eigenvalue weighted by Gasteiger charge is 2.38. The van der Waals surface area contributed by atoms with Crippen LogP contribution in [0.15, 0.2) is 4.99 Å². The number of ether oxygens (including phenoxy) is 1. The summed E-state index contributed by atoms with van der Waals surface area (Å²) in [6.45, 7) is 1.02. The maximum absolute atomic E-state index is 5.15. The summed E-state index contributed by atoms with van der Waals surface area (Å²) in [5.41, 5.74) is 0.533. The number of rotatable bonds is 0. The van der Waals surface area contributed by atoms with Gasteiger partial charge in [-0.15, -0.1) is 0 Å². The average Bonchev–Trinajstić information content (AvgIpc) is 2.62. The molecule has 0 bridgehead atoms. The van der Waals surface area contributed by atoms with Crippen molar-refractivity contribution in [1.29, 1.82) is 0 Å². The molecule has 1 saturated carbocycles. The molecule has 2 heteroatoms. The van der Waals surface area contributed by atoms with Crippen molar-refractivity contribution in [2.75, 3.05) is 13.7 Å². The molecule has 0 unspecified atom stereocenters. The maximum Gasteiger partial charge on any atom is 0.183 e. The normalized spacial score (nSPS) is 27.5. The molecule has 2 nitrogen and oxygen atoms in total. The number of nitrogens with zero attached hydrogens (tertiary/aromatic N) is 1. The Labute approximate surface area is 67.7 Å². The van der Waals surface area contributed by atoms with Crippen LogP contribution < -0.4 is 0 Å². The molecule has 0 saturated heterocycles. The Morgan fingerprint density at radius 3 is 2.64 bits per heavy atom. The topological polar surface area (TPSA) is 21.6 Å². The second-order valence-electron chi connectivity index (χ2n) is 3.80. The van der Waals surface area contributed by atoms with Crippen LogP contribution >= 0.6 is 0 Å². The largest absolute Gasteiger partial charge is 0.484 e. The van der Waals surface area contributed by atoms with Gasteiger partial charge in [-0.05, 0) is 18.3 Å². The predicted molar refractivity (Wildman–Crippen MR) is 44.8 cm³/mol. The van der Waals surface area contributed by atoms with Crippen molar-refractivity contribution in [2.24, 2.45) is 10.4 Å². The summed E-state index contributed by atoms with van der Waals surface area (Å²) in [6.07, 6.45) is 6.62. The standard InChI is InChI=1S/C9H15NO/c1-11-8-6-9(7-10-8)4-2-3-5-9/h2-7H2,1H3. The zero-order chi connectivity index (χ0) is 7.73. The highest BCUT2D eigenvalue weighted by molar-refractivity contribution is 5.78. The van der Waals surface area contributed by atoms with E-state index in [1.807, 2.05) is 0 Å². The van der Waals surface area contributed by atoms with Gasteiger partial charge < -0.3 is 4.74 Å². The number of methoxy groups -OCH3 is 1. The van der Waals surface area contributed by atoms with Crippen LogP contribution in [0.25, 0.3) is 0 Å². The minimum Gasteiger partial charge on any atom is -0.484 e. The highest BCUT2D eigenvalue weighted by Crippen LogP contribution is 2.44. The second kappa shape index (κ2) is 2.50. The fraction of sp³-hybridized carbons (Fsp3) is 0.889. The molecule has 0 radical (unpaired) electrons. The Morgan fingerprint density at radius 2 is 2.09 bits per heavy atom. The summed E-state index contributed by atoms with van der Waals surface area (Å²) < 4.78 is 5.15.